The molecule has 1 unspecified atom stereocenters. The Morgan fingerprint density at radius 1 is 1.10 bits per heavy atom. The topological polar surface area (TPSA) is 20.3 Å². The average molecular weight is 313 g/mol. The molecule has 1 rings (SSSR count). The quantitative estimate of drug-likeness (QED) is 0.455. The molecular weight excluding hydrogens is 293 g/mol. The van der Waals surface area contributed by atoms with Crippen molar-refractivity contribution in [3.63, 3.8) is 0 Å². The zero-order chi connectivity index (χ0) is 15.8. The van der Waals surface area contributed by atoms with Crippen molar-refractivity contribution in [3.05, 3.63) is 30.3 Å². The van der Waals surface area contributed by atoms with Crippen molar-refractivity contribution in [1.82, 2.24) is 4.31 Å². The molecule has 0 saturated heterocycles. The summed E-state index contributed by atoms with van der Waals surface area (Å²) in [5.41, 5.74) is 0. The van der Waals surface area contributed by atoms with Crippen LogP contribution in [-0.2, 0) is 14.3 Å². The van der Waals surface area contributed by atoms with Crippen LogP contribution in [0.4, 0.5) is 17.3 Å². The summed E-state index contributed by atoms with van der Waals surface area (Å²) < 4.78 is 53.6. The second-order valence-electron chi connectivity index (χ2n) is 4.32. The predicted octanol–water partition coefficient (Wildman–Crippen LogP) is 4.12. The Morgan fingerprint density at radius 2 is 1.55 bits per heavy atom. The van der Waals surface area contributed by atoms with Crippen LogP contribution in [0.3, 0.4) is 0 Å². The van der Waals surface area contributed by atoms with Gasteiger partial charge in [0, 0.05) is 14.1 Å². The Hall–Kier alpha value is -0.885. The molecule has 0 bridgehead atoms. The SMILES string of the molecule is CCCC[S+](=O)(c1ccccc1)N(C)C.F[B-](F)(F)F. The van der Waals surface area contributed by atoms with E-state index in [0.717, 1.165) is 23.5 Å². The van der Waals surface area contributed by atoms with Gasteiger partial charge >= 0.3 is 7.25 Å². The molecule has 0 amide bonds. The van der Waals surface area contributed by atoms with Crippen LogP contribution in [0.2, 0.25) is 0 Å². The van der Waals surface area contributed by atoms with Crippen LogP contribution in [0, 0.1) is 0 Å². The third-order valence-corrected chi connectivity index (χ3v) is 5.51. The van der Waals surface area contributed by atoms with Crippen LogP contribution in [0.5, 0.6) is 0 Å². The minimum absolute atomic E-state index is 0.751. The highest BCUT2D eigenvalue weighted by atomic mass is 32.3. The molecule has 0 saturated carbocycles. The molecule has 8 heteroatoms. The van der Waals surface area contributed by atoms with Gasteiger partial charge in [0.15, 0.2) is 15.0 Å². The molecule has 0 aliphatic carbocycles. The van der Waals surface area contributed by atoms with Gasteiger partial charge in [-0.25, -0.2) is 0 Å². The summed E-state index contributed by atoms with van der Waals surface area (Å²) in [7, 11) is -4.23. The molecule has 20 heavy (non-hydrogen) atoms. The second kappa shape index (κ2) is 8.41. The summed E-state index contributed by atoms with van der Waals surface area (Å²) in [6.07, 6.45) is 2.09. The van der Waals surface area contributed by atoms with Gasteiger partial charge in [-0.2, -0.15) is 0 Å². The van der Waals surface area contributed by atoms with Gasteiger partial charge in [0.1, 0.15) is 5.75 Å². The molecular formula is C12H20BF4NOS. The third kappa shape index (κ3) is 7.64. The van der Waals surface area contributed by atoms with Crippen molar-refractivity contribution in [2.24, 2.45) is 0 Å². The number of nitrogens with zero attached hydrogens (tertiary/aromatic N) is 1. The van der Waals surface area contributed by atoms with Crippen molar-refractivity contribution in [3.8, 4) is 0 Å². The van der Waals surface area contributed by atoms with Crippen LogP contribution >= 0.6 is 0 Å². The Morgan fingerprint density at radius 3 is 1.90 bits per heavy atom. The number of halogens is 4. The zero-order valence-electron chi connectivity index (χ0n) is 11.9. The molecule has 0 heterocycles. The molecule has 0 fully saturated rings. The Balaban J connectivity index is 0.000000621. The van der Waals surface area contributed by atoms with Crippen LogP contribution in [0.25, 0.3) is 0 Å². The number of unbranched alkanes of at least 4 members (excludes halogenated alkanes) is 1. The average Bonchev–Trinajstić information content (AvgIpc) is 2.34. The van der Waals surface area contributed by atoms with Crippen molar-refractivity contribution in [2.45, 2.75) is 24.7 Å². The maximum absolute atomic E-state index is 12.8. The summed E-state index contributed by atoms with van der Waals surface area (Å²) in [5, 5.41) is 0. The lowest BCUT2D eigenvalue weighted by Crippen LogP contribution is -2.32. The van der Waals surface area contributed by atoms with E-state index in [4.69, 9.17) is 0 Å². The summed E-state index contributed by atoms with van der Waals surface area (Å²) in [6, 6.07) is 9.77. The first-order valence-electron chi connectivity index (χ1n) is 6.23. The van der Waals surface area contributed by atoms with Gasteiger partial charge in [-0.05, 0) is 18.6 Å². The van der Waals surface area contributed by atoms with E-state index in [9.17, 15) is 21.5 Å². The third-order valence-electron chi connectivity index (χ3n) is 2.48. The molecule has 0 aliphatic rings. The van der Waals surface area contributed by atoms with E-state index in [2.05, 4.69) is 6.92 Å². The van der Waals surface area contributed by atoms with Crippen molar-refractivity contribution < 1.29 is 21.5 Å². The van der Waals surface area contributed by atoms with Gasteiger partial charge in [0.2, 0.25) is 0 Å². The zero-order valence-corrected chi connectivity index (χ0v) is 12.7. The summed E-state index contributed by atoms with van der Waals surface area (Å²) in [4.78, 5) is 0.948. The minimum atomic E-state index is -6.00. The number of hydrogen-bond donors (Lipinski definition) is 0. The first kappa shape index (κ1) is 19.1. The maximum atomic E-state index is 12.8. The maximum Gasteiger partial charge on any atom is 0.673 e. The molecule has 0 radical (unpaired) electrons. The summed E-state index contributed by atoms with van der Waals surface area (Å²) in [5.74, 6) is 0.751. The molecule has 1 aromatic rings. The lowest BCUT2D eigenvalue weighted by molar-refractivity contribution is 0.368. The van der Waals surface area contributed by atoms with Crippen LogP contribution in [0.15, 0.2) is 35.2 Å². The second-order valence-corrected chi connectivity index (χ2v) is 7.21. The number of hydrogen-bond acceptors (Lipinski definition) is 1. The van der Waals surface area contributed by atoms with Crippen molar-refractivity contribution in [2.75, 3.05) is 19.8 Å². The predicted molar refractivity (Wildman–Crippen MR) is 76.4 cm³/mol. The van der Waals surface area contributed by atoms with Gasteiger partial charge in [0.05, 0.1) is 0 Å². The standard InChI is InChI=1S/C12H20NOS.BF4/c1-4-5-11-15(14,13(2)3)12-9-7-6-8-10-12;2-1(3,4)5/h6-10H,4-5,11H2,1-3H3;/q+1;-1. The lowest BCUT2D eigenvalue weighted by Gasteiger charge is -2.17. The van der Waals surface area contributed by atoms with Gasteiger partial charge in [0.25, 0.3) is 0 Å². The first-order chi connectivity index (χ1) is 9.11. The van der Waals surface area contributed by atoms with E-state index in [1.807, 2.05) is 48.7 Å². The van der Waals surface area contributed by atoms with Crippen LogP contribution in [0.1, 0.15) is 19.8 Å². The summed E-state index contributed by atoms with van der Waals surface area (Å²) >= 11 is 0. The van der Waals surface area contributed by atoms with E-state index in [0.29, 0.717) is 0 Å². The fraction of sp³-hybridized carbons (Fsp3) is 0.500. The number of rotatable bonds is 5. The van der Waals surface area contributed by atoms with Crippen LogP contribution in [-0.4, -0.2) is 31.4 Å². The largest absolute Gasteiger partial charge is 0.673 e. The molecule has 0 N–H and O–H groups in total. The van der Waals surface area contributed by atoms with Crippen molar-refractivity contribution >= 4 is 17.4 Å². The van der Waals surface area contributed by atoms with E-state index in [1.165, 1.54) is 0 Å². The molecule has 1 atom stereocenters. The molecule has 116 valence electrons. The smallest absolute Gasteiger partial charge is 0.418 e. The van der Waals surface area contributed by atoms with E-state index < -0.39 is 17.4 Å². The molecule has 0 spiro atoms. The highest BCUT2D eigenvalue weighted by molar-refractivity contribution is 8.00. The highest BCUT2D eigenvalue weighted by Gasteiger charge is 2.33. The fourth-order valence-corrected chi connectivity index (χ4v) is 3.77. The highest BCUT2D eigenvalue weighted by Crippen LogP contribution is 2.23. The van der Waals surface area contributed by atoms with Crippen molar-refractivity contribution in [1.29, 1.82) is 0 Å². The minimum Gasteiger partial charge on any atom is -0.418 e. The van der Waals surface area contributed by atoms with Gasteiger partial charge < -0.3 is 17.3 Å². The Bertz CT molecular complexity index is 419. The Labute approximate surface area is 118 Å². The molecule has 2 nitrogen and oxygen atoms in total. The van der Waals surface area contributed by atoms with Gasteiger partial charge in [-0.3, -0.25) is 0 Å². The summed E-state index contributed by atoms with van der Waals surface area (Å²) in [6.45, 7) is 2.13. The molecule has 0 aromatic heterocycles. The molecule has 0 aliphatic heterocycles. The first-order valence-corrected chi connectivity index (χ1v) is 7.91. The lowest BCUT2D eigenvalue weighted by atomic mass is 10.3. The fourth-order valence-electron chi connectivity index (χ4n) is 1.48. The number of benzene rings is 1. The monoisotopic (exact) mass is 313 g/mol. The van der Waals surface area contributed by atoms with Gasteiger partial charge in [-0.15, -0.1) is 4.31 Å². The van der Waals surface area contributed by atoms with E-state index in [-0.39, 0.29) is 0 Å². The normalized spacial score (nSPS) is 14.4. The van der Waals surface area contributed by atoms with Crippen LogP contribution < -0.4 is 0 Å². The van der Waals surface area contributed by atoms with Gasteiger partial charge in [-0.1, -0.05) is 35.8 Å². The van der Waals surface area contributed by atoms with E-state index >= 15 is 0 Å². The Kier molecular flexibility index (Phi) is 8.04. The molecule has 1 aromatic carbocycles. The van der Waals surface area contributed by atoms with E-state index in [1.54, 1.807) is 0 Å².